The Morgan fingerprint density at radius 2 is 2.16 bits per heavy atom. The summed E-state index contributed by atoms with van der Waals surface area (Å²) in [6.07, 6.45) is 1.04. The minimum absolute atomic E-state index is 0.141. The molecule has 0 saturated carbocycles. The monoisotopic (exact) mass is 264 g/mol. The van der Waals surface area contributed by atoms with E-state index in [1.165, 1.54) is 29.2 Å². The molecule has 1 N–H and O–H groups in total. The van der Waals surface area contributed by atoms with Crippen LogP contribution in [-0.2, 0) is 4.79 Å². The van der Waals surface area contributed by atoms with Crippen LogP contribution in [0.25, 0.3) is 0 Å². The minimum Gasteiger partial charge on any atom is -0.480 e. The van der Waals surface area contributed by atoms with E-state index < -0.39 is 22.8 Å². The molecular formula is C12H12N2O5. The lowest BCUT2D eigenvalue weighted by atomic mass is 10.1. The van der Waals surface area contributed by atoms with Gasteiger partial charge in [0.05, 0.1) is 4.92 Å². The molecule has 1 aliphatic rings. The van der Waals surface area contributed by atoms with Gasteiger partial charge in [0.1, 0.15) is 6.04 Å². The second-order valence-electron chi connectivity index (χ2n) is 4.30. The maximum absolute atomic E-state index is 12.2. The molecule has 1 aromatic carbocycles. The number of non-ortho nitro benzene ring substituents is 1. The van der Waals surface area contributed by atoms with Gasteiger partial charge in [-0.15, -0.1) is 0 Å². The number of nitrogens with zero attached hydrogens (tertiary/aromatic N) is 2. The van der Waals surface area contributed by atoms with Crippen molar-refractivity contribution in [3.8, 4) is 0 Å². The van der Waals surface area contributed by atoms with Crippen molar-refractivity contribution < 1.29 is 19.6 Å². The zero-order valence-corrected chi connectivity index (χ0v) is 9.98. The topological polar surface area (TPSA) is 101 Å². The van der Waals surface area contributed by atoms with Gasteiger partial charge >= 0.3 is 5.97 Å². The maximum atomic E-state index is 12.2. The van der Waals surface area contributed by atoms with Crippen molar-refractivity contribution in [3.63, 3.8) is 0 Å². The molecule has 19 heavy (non-hydrogen) atoms. The normalized spacial score (nSPS) is 18.3. The molecule has 0 aliphatic carbocycles. The fraction of sp³-hybridized carbons (Fsp3) is 0.333. The number of likely N-dealkylation sites (tertiary alicyclic amines) is 1. The highest BCUT2D eigenvalue weighted by atomic mass is 16.6. The lowest BCUT2D eigenvalue weighted by Gasteiger charge is -2.21. The molecule has 7 heteroatoms. The third-order valence-corrected chi connectivity index (χ3v) is 3.10. The zero-order chi connectivity index (χ0) is 14.0. The molecule has 1 aliphatic heterocycles. The third kappa shape index (κ3) is 2.54. The number of aliphatic carboxylic acids is 1. The first-order chi connectivity index (χ1) is 9.00. The van der Waals surface area contributed by atoms with Crippen LogP contribution < -0.4 is 0 Å². The van der Waals surface area contributed by atoms with E-state index >= 15 is 0 Å². The van der Waals surface area contributed by atoms with Crippen LogP contribution in [0.4, 0.5) is 5.69 Å². The van der Waals surface area contributed by atoms with Crippen LogP contribution in [0.2, 0.25) is 0 Å². The van der Waals surface area contributed by atoms with Gasteiger partial charge in [0, 0.05) is 24.2 Å². The number of hydrogen-bond donors (Lipinski definition) is 1. The highest BCUT2D eigenvalue weighted by Gasteiger charge is 2.34. The van der Waals surface area contributed by atoms with Crippen molar-refractivity contribution in [2.24, 2.45) is 0 Å². The van der Waals surface area contributed by atoms with Gasteiger partial charge < -0.3 is 10.0 Å². The summed E-state index contributed by atoms with van der Waals surface area (Å²) in [4.78, 5) is 34.5. The van der Waals surface area contributed by atoms with Crippen LogP contribution in [0.15, 0.2) is 24.3 Å². The van der Waals surface area contributed by atoms with Crippen LogP contribution >= 0.6 is 0 Å². The van der Waals surface area contributed by atoms with Crippen molar-refractivity contribution >= 4 is 17.6 Å². The van der Waals surface area contributed by atoms with Gasteiger partial charge in [-0.25, -0.2) is 4.79 Å². The number of carboxylic acid groups (broad SMARTS) is 1. The van der Waals surface area contributed by atoms with E-state index in [1.54, 1.807) is 0 Å². The predicted octanol–water partition coefficient (Wildman–Crippen LogP) is 1.28. The molecule has 0 aromatic heterocycles. The molecule has 0 bridgehead atoms. The Bertz CT molecular complexity index is 543. The Kier molecular flexibility index (Phi) is 3.46. The summed E-state index contributed by atoms with van der Waals surface area (Å²) in [6, 6.07) is 4.48. The van der Waals surface area contributed by atoms with Crippen LogP contribution in [-0.4, -0.2) is 39.4 Å². The molecule has 0 radical (unpaired) electrons. The average molecular weight is 264 g/mol. The fourth-order valence-electron chi connectivity index (χ4n) is 2.18. The number of rotatable bonds is 3. The first kappa shape index (κ1) is 13.0. The molecule has 100 valence electrons. The Labute approximate surface area is 108 Å². The first-order valence-corrected chi connectivity index (χ1v) is 5.79. The van der Waals surface area contributed by atoms with Gasteiger partial charge in [-0.1, -0.05) is 6.07 Å². The quantitative estimate of drug-likeness (QED) is 0.654. The van der Waals surface area contributed by atoms with Crippen LogP contribution in [0.5, 0.6) is 0 Å². The summed E-state index contributed by atoms with van der Waals surface area (Å²) in [6.45, 7) is 0.360. The average Bonchev–Trinajstić information content (AvgIpc) is 2.87. The molecule has 1 amide bonds. The predicted molar refractivity (Wildman–Crippen MR) is 64.8 cm³/mol. The highest BCUT2D eigenvalue weighted by molar-refractivity contribution is 5.97. The Balaban J connectivity index is 2.26. The number of nitro groups is 1. The summed E-state index contributed by atoms with van der Waals surface area (Å²) in [5.74, 6) is -1.52. The van der Waals surface area contributed by atoms with Crippen molar-refractivity contribution in [2.75, 3.05) is 6.54 Å². The highest BCUT2D eigenvalue weighted by Crippen LogP contribution is 2.22. The third-order valence-electron chi connectivity index (χ3n) is 3.10. The molecule has 0 unspecified atom stereocenters. The van der Waals surface area contributed by atoms with E-state index in [9.17, 15) is 19.7 Å². The Morgan fingerprint density at radius 1 is 1.42 bits per heavy atom. The number of carbonyl (C=O) groups is 2. The molecule has 2 rings (SSSR count). The van der Waals surface area contributed by atoms with Crippen LogP contribution in [0, 0.1) is 10.1 Å². The molecule has 7 nitrogen and oxygen atoms in total. The molecule has 0 spiro atoms. The van der Waals surface area contributed by atoms with E-state index in [0.29, 0.717) is 19.4 Å². The standard InChI is InChI=1S/C12H12N2O5/c15-11(13-6-2-5-10(13)12(16)17)8-3-1-4-9(7-8)14(18)19/h1,3-4,7,10H,2,5-6H2,(H,16,17)/t10-/m0/s1. The summed E-state index contributed by atoms with van der Waals surface area (Å²) in [5.41, 5.74) is -0.0423. The van der Waals surface area contributed by atoms with Gasteiger partial charge in [-0.2, -0.15) is 0 Å². The Morgan fingerprint density at radius 3 is 2.79 bits per heavy atom. The van der Waals surface area contributed by atoms with E-state index in [1.807, 2.05) is 0 Å². The number of carbonyl (C=O) groups excluding carboxylic acids is 1. The summed E-state index contributed by atoms with van der Waals surface area (Å²) >= 11 is 0. The number of amides is 1. The lowest BCUT2D eigenvalue weighted by Crippen LogP contribution is -2.40. The first-order valence-electron chi connectivity index (χ1n) is 5.79. The van der Waals surface area contributed by atoms with Crippen molar-refractivity contribution in [3.05, 3.63) is 39.9 Å². The van der Waals surface area contributed by atoms with Crippen molar-refractivity contribution in [1.82, 2.24) is 4.90 Å². The van der Waals surface area contributed by atoms with E-state index in [0.717, 1.165) is 0 Å². The number of nitro benzene ring substituents is 1. The van der Waals surface area contributed by atoms with E-state index in [-0.39, 0.29) is 11.3 Å². The number of benzene rings is 1. The molecule has 1 saturated heterocycles. The van der Waals surface area contributed by atoms with Crippen LogP contribution in [0.3, 0.4) is 0 Å². The van der Waals surface area contributed by atoms with Gasteiger partial charge in [0.25, 0.3) is 11.6 Å². The number of hydrogen-bond acceptors (Lipinski definition) is 4. The largest absolute Gasteiger partial charge is 0.480 e. The molecular weight excluding hydrogens is 252 g/mol. The van der Waals surface area contributed by atoms with E-state index in [4.69, 9.17) is 5.11 Å². The second kappa shape index (κ2) is 5.05. The van der Waals surface area contributed by atoms with Gasteiger partial charge in [0.2, 0.25) is 0 Å². The molecule has 1 atom stereocenters. The molecule has 1 heterocycles. The lowest BCUT2D eigenvalue weighted by molar-refractivity contribution is -0.384. The maximum Gasteiger partial charge on any atom is 0.326 e. The second-order valence-corrected chi connectivity index (χ2v) is 4.30. The minimum atomic E-state index is -1.05. The molecule has 1 fully saturated rings. The number of carboxylic acids is 1. The van der Waals surface area contributed by atoms with Crippen LogP contribution in [0.1, 0.15) is 23.2 Å². The van der Waals surface area contributed by atoms with Crippen molar-refractivity contribution in [1.29, 1.82) is 0 Å². The van der Waals surface area contributed by atoms with Gasteiger partial charge in [-0.05, 0) is 18.9 Å². The van der Waals surface area contributed by atoms with Crippen molar-refractivity contribution in [2.45, 2.75) is 18.9 Å². The van der Waals surface area contributed by atoms with E-state index in [2.05, 4.69) is 0 Å². The zero-order valence-electron chi connectivity index (χ0n) is 9.98. The van der Waals surface area contributed by atoms with Gasteiger partial charge in [-0.3, -0.25) is 14.9 Å². The summed E-state index contributed by atoms with van der Waals surface area (Å²) < 4.78 is 0. The SMILES string of the molecule is O=C(O)[C@@H]1CCCN1C(=O)c1cccc([N+](=O)[O-])c1. The molecule has 1 aromatic rings. The fourth-order valence-corrected chi connectivity index (χ4v) is 2.18. The summed E-state index contributed by atoms with van der Waals surface area (Å²) in [7, 11) is 0. The Hall–Kier alpha value is -2.44. The smallest absolute Gasteiger partial charge is 0.326 e. The van der Waals surface area contributed by atoms with Gasteiger partial charge in [0.15, 0.2) is 0 Å². The summed E-state index contributed by atoms with van der Waals surface area (Å²) in [5, 5.41) is 19.7.